The number of aromatic nitrogens is 1. The fourth-order valence-corrected chi connectivity index (χ4v) is 7.54. The Hall–Kier alpha value is -2.07. The average molecular weight is 512 g/mol. The van der Waals surface area contributed by atoms with Gasteiger partial charge in [0.1, 0.15) is 0 Å². The third kappa shape index (κ3) is 4.12. The van der Waals surface area contributed by atoms with E-state index in [1.54, 1.807) is 18.3 Å². The normalized spacial score (nSPS) is 27.1. The molecule has 4 bridgehead atoms. The average Bonchev–Trinajstić information content (AvgIpc) is 2.78. The van der Waals surface area contributed by atoms with Gasteiger partial charge in [-0.15, -0.1) is 0 Å². The van der Waals surface area contributed by atoms with Crippen LogP contribution in [-0.4, -0.2) is 16.4 Å². The number of rotatable bonds is 4. The van der Waals surface area contributed by atoms with Crippen LogP contribution in [0.4, 0.5) is 0 Å². The van der Waals surface area contributed by atoms with Crippen LogP contribution < -0.4 is 5.32 Å². The predicted molar refractivity (Wildman–Crippen MR) is 139 cm³/mol. The highest BCUT2D eigenvalue weighted by Gasteiger charge is 2.51. The van der Waals surface area contributed by atoms with E-state index in [9.17, 15) is 4.79 Å². The monoisotopic (exact) mass is 510 g/mol. The first-order chi connectivity index (χ1) is 16.4. The lowest BCUT2D eigenvalue weighted by molar-refractivity contribution is -0.0167. The van der Waals surface area contributed by atoms with Crippen molar-refractivity contribution in [3.8, 4) is 22.4 Å². The smallest absolute Gasteiger partial charge is 0.253 e. The van der Waals surface area contributed by atoms with Crippen molar-refractivity contribution in [2.24, 2.45) is 17.8 Å². The summed E-state index contributed by atoms with van der Waals surface area (Å²) >= 11 is 18.8. The molecule has 174 valence electrons. The molecular weight excluding hydrogens is 487 g/mol. The number of halogens is 3. The summed E-state index contributed by atoms with van der Waals surface area (Å²) in [5.41, 5.74) is 3.74. The summed E-state index contributed by atoms with van der Waals surface area (Å²) in [6, 6.07) is 14.8. The second-order valence-electron chi connectivity index (χ2n) is 10.4. The second kappa shape index (κ2) is 8.55. The quantitative estimate of drug-likeness (QED) is 0.385. The van der Waals surface area contributed by atoms with Crippen molar-refractivity contribution in [1.29, 1.82) is 0 Å². The maximum atomic E-state index is 13.5. The van der Waals surface area contributed by atoms with Crippen molar-refractivity contribution >= 4 is 40.7 Å². The van der Waals surface area contributed by atoms with Crippen LogP contribution in [0.25, 0.3) is 22.4 Å². The largest absolute Gasteiger partial charge is 0.347 e. The summed E-state index contributed by atoms with van der Waals surface area (Å²) < 4.78 is 0. The van der Waals surface area contributed by atoms with Crippen molar-refractivity contribution in [2.75, 3.05) is 0 Å². The molecular formula is C28H25Cl3N2O. The Kier molecular flexibility index (Phi) is 5.63. The molecule has 1 amide bonds. The third-order valence-corrected chi connectivity index (χ3v) is 8.71. The molecule has 4 saturated carbocycles. The number of nitrogens with one attached hydrogen (secondary N) is 1. The number of hydrogen-bond donors (Lipinski definition) is 1. The standard InChI is InChI=1S/C28H25Cl3N2O/c29-21-3-1-19(2-4-21)24-10-20(15-32-26(24)23-6-5-22(30)11-25(23)31)27(34)33-28-12-16-7-17(13-28)9-18(8-16)14-28/h1-6,10-11,15-18H,7-9,12-14H2,(H,33,34). The van der Waals surface area contributed by atoms with E-state index in [0.717, 1.165) is 53.7 Å². The van der Waals surface area contributed by atoms with E-state index in [1.165, 1.54) is 19.3 Å². The van der Waals surface area contributed by atoms with Gasteiger partial charge in [0, 0.05) is 32.9 Å². The lowest BCUT2D eigenvalue weighted by Gasteiger charge is -2.56. The van der Waals surface area contributed by atoms with Gasteiger partial charge in [-0.25, -0.2) is 0 Å². The fraction of sp³-hybridized carbons (Fsp3) is 0.357. The van der Waals surface area contributed by atoms with E-state index in [4.69, 9.17) is 39.8 Å². The number of hydrogen-bond acceptors (Lipinski definition) is 2. The molecule has 0 aliphatic heterocycles. The van der Waals surface area contributed by atoms with E-state index in [1.807, 2.05) is 36.4 Å². The van der Waals surface area contributed by atoms with Gasteiger partial charge in [0.25, 0.3) is 5.91 Å². The zero-order valence-electron chi connectivity index (χ0n) is 18.7. The zero-order chi connectivity index (χ0) is 23.4. The van der Waals surface area contributed by atoms with Crippen LogP contribution in [0.5, 0.6) is 0 Å². The van der Waals surface area contributed by atoms with Crippen LogP contribution in [0.1, 0.15) is 48.9 Å². The molecule has 0 spiro atoms. The Morgan fingerprint density at radius 3 is 2.06 bits per heavy atom. The Morgan fingerprint density at radius 2 is 1.44 bits per heavy atom. The highest BCUT2D eigenvalue weighted by Crippen LogP contribution is 2.55. The molecule has 34 heavy (non-hydrogen) atoms. The molecule has 7 rings (SSSR count). The van der Waals surface area contributed by atoms with E-state index in [-0.39, 0.29) is 11.4 Å². The molecule has 4 aliphatic rings. The number of benzene rings is 2. The number of nitrogens with zero attached hydrogens (tertiary/aromatic N) is 1. The van der Waals surface area contributed by atoms with E-state index < -0.39 is 0 Å². The third-order valence-electron chi connectivity index (χ3n) is 7.91. The van der Waals surface area contributed by atoms with Crippen LogP contribution in [0.2, 0.25) is 15.1 Å². The second-order valence-corrected chi connectivity index (χ2v) is 11.7. The van der Waals surface area contributed by atoms with E-state index in [2.05, 4.69) is 5.32 Å². The highest BCUT2D eigenvalue weighted by atomic mass is 35.5. The van der Waals surface area contributed by atoms with Gasteiger partial charge in [-0.1, -0.05) is 46.9 Å². The van der Waals surface area contributed by atoms with Gasteiger partial charge < -0.3 is 5.32 Å². The van der Waals surface area contributed by atoms with Crippen molar-refractivity contribution in [3.63, 3.8) is 0 Å². The maximum Gasteiger partial charge on any atom is 0.253 e. The molecule has 1 aromatic heterocycles. The van der Waals surface area contributed by atoms with Crippen LogP contribution in [0, 0.1) is 17.8 Å². The molecule has 1 heterocycles. The molecule has 4 aliphatic carbocycles. The minimum absolute atomic E-state index is 0.0431. The van der Waals surface area contributed by atoms with Crippen molar-refractivity contribution < 1.29 is 4.79 Å². The summed E-state index contributed by atoms with van der Waals surface area (Å²) in [5.74, 6) is 2.26. The minimum Gasteiger partial charge on any atom is -0.347 e. The Bertz CT molecular complexity index is 1240. The minimum atomic E-state index is -0.0512. The first-order valence-electron chi connectivity index (χ1n) is 11.9. The van der Waals surface area contributed by atoms with Gasteiger partial charge in [-0.05, 0) is 98.2 Å². The molecule has 0 unspecified atom stereocenters. The Labute approximate surface area is 214 Å². The zero-order valence-corrected chi connectivity index (χ0v) is 20.9. The molecule has 0 atom stereocenters. The molecule has 1 N–H and O–H groups in total. The van der Waals surface area contributed by atoms with Crippen LogP contribution in [0.15, 0.2) is 54.7 Å². The molecule has 6 heteroatoms. The van der Waals surface area contributed by atoms with Crippen LogP contribution in [0.3, 0.4) is 0 Å². The van der Waals surface area contributed by atoms with Crippen LogP contribution >= 0.6 is 34.8 Å². The molecule has 4 fully saturated rings. The SMILES string of the molecule is O=C(NC12CC3CC(CC(C3)C1)C2)c1cnc(-c2ccc(Cl)cc2Cl)c(-c2ccc(Cl)cc2)c1. The Morgan fingerprint density at radius 1 is 0.824 bits per heavy atom. The van der Waals surface area contributed by atoms with E-state index in [0.29, 0.717) is 26.3 Å². The number of amides is 1. The first-order valence-corrected chi connectivity index (χ1v) is 13.0. The summed E-state index contributed by atoms with van der Waals surface area (Å²) in [4.78, 5) is 18.2. The summed E-state index contributed by atoms with van der Waals surface area (Å²) in [5, 5.41) is 5.19. The van der Waals surface area contributed by atoms with Crippen molar-refractivity contribution in [2.45, 2.75) is 44.1 Å². The maximum absolute atomic E-state index is 13.5. The number of carbonyl (C=O) groups is 1. The lowest BCUT2D eigenvalue weighted by atomic mass is 9.53. The van der Waals surface area contributed by atoms with Gasteiger partial charge in [-0.3, -0.25) is 9.78 Å². The van der Waals surface area contributed by atoms with Crippen molar-refractivity contribution in [1.82, 2.24) is 10.3 Å². The molecule has 2 aromatic carbocycles. The summed E-state index contributed by atoms with van der Waals surface area (Å²) in [6.07, 6.45) is 9.02. The summed E-state index contributed by atoms with van der Waals surface area (Å²) in [7, 11) is 0. The highest BCUT2D eigenvalue weighted by molar-refractivity contribution is 6.36. The fourth-order valence-electron chi connectivity index (χ4n) is 6.91. The topological polar surface area (TPSA) is 42.0 Å². The number of carbonyl (C=O) groups excluding carboxylic acids is 1. The molecule has 3 nitrogen and oxygen atoms in total. The van der Waals surface area contributed by atoms with Crippen LogP contribution in [-0.2, 0) is 0 Å². The Balaban J connectivity index is 1.37. The van der Waals surface area contributed by atoms with Crippen molar-refractivity contribution in [3.05, 3.63) is 75.4 Å². The van der Waals surface area contributed by atoms with Gasteiger partial charge >= 0.3 is 0 Å². The van der Waals surface area contributed by atoms with Gasteiger partial charge in [0.15, 0.2) is 0 Å². The lowest BCUT2D eigenvalue weighted by Crippen LogP contribution is -2.59. The van der Waals surface area contributed by atoms with Gasteiger partial charge in [0.2, 0.25) is 0 Å². The molecule has 0 radical (unpaired) electrons. The van der Waals surface area contributed by atoms with E-state index >= 15 is 0 Å². The molecule has 3 aromatic rings. The molecule has 0 saturated heterocycles. The van der Waals surface area contributed by atoms with Gasteiger partial charge in [0.05, 0.1) is 16.3 Å². The first kappa shape index (κ1) is 22.4. The van der Waals surface area contributed by atoms with Gasteiger partial charge in [-0.2, -0.15) is 0 Å². The predicted octanol–water partition coefficient (Wildman–Crippen LogP) is 8.07. The number of pyridine rings is 1. The summed E-state index contributed by atoms with van der Waals surface area (Å²) in [6.45, 7) is 0.